The first kappa shape index (κ1) is 20.1. The van der Waals surface area contributed by atoms with Crippen LogP contribution < -0.4 is 19.9 Å². The average Bonchev–Trinajstić information content (AvgIpc) is 2.56. The first-order valence-corrected chi connectivity index (χ1v) is 9.59. The molecule has 0 saturated carbocycles. The molecule has 0 aliphatic rings. The van der Waals surface area contributed by atoms with Gasteiger partial charge in [-0.1, -0.05) is 0 Å². The van der Waals surface area contributed by atoms with Crippen LogP contribution in [0.15, 0.2) is 45.8 Å². The smallest absolute Gasteiger partial charge is 0.265 e. The van der Waals surface area contributed by atoms with E-state index in [9.17, 15) is 17.6 Å². The molecule has 1 atom stereocenters. The fourth-order valence-electron chi connectivity index (χ4n) is 2.01. The Kier molecular flexibility index (Phi) is 6.21. The fraction of sp³-hybridized carbons (Fsp3) is 0.188. The Balaban J connectivity index is 2.20. The summed E-state index contributed by atoms with van der Waals surface area (Å²) in [7, 11) is -2.57. The lowest BCUT2D eigenvalue weighted by Gasteiger charge is -2.17. The van der Waals surface area contributed by atoms with E-state index in [4.69, 9.17) is 14.6 Å². The predicted octanol–water partition coefficient (Wildman–Crippen LogP) is 2.65. The van der Waals surface area contributed by atoms with Gasteiger partial charge in [-0.25, -0.2) is 17.9 Å². The van der Waals surface area contributed by atoms with E-state index in [0.29, 0.717) is 4.47 Å². The van der Waals surface area contributed by atoms with Crippen LogP contribution in [0.4, 0.5) is 10.1 Å². The van der Waals surface area contributed by atoms with Crippen molar-refractivity contribution in [3.05, 3.63) is 46.7 Å². The van der Waals surface area contributed by atoms with Crippen LogP contribution in [0.1, 0.15) is 6.92 Å². The number of carbonyl (C=O) groups is 1. The number of carbonyl (C=O) groups excluding carboxylic acids is 1. The second kappa shape index (κ2) is 8.02. The first-order valence-electron chi connectivity index (χ1n) is 7.25. The summed E-state index contributed by atoms with van der Waals surface area (Å²) in [6, 6.07) is 7.61. The summed E-state index contributed by atoms with van der Waals surface area (Å²) < 4.78 is 47.0. The Morgan fingerprint density at radius 2 is 1.88 bits per heavy atom. The molecule has 140 valence electrons. The van der Waals surface area contributed by atoms with E-state index < -0.39 is 27.9 Å². The summed E-state index contributed by atoms with van der Waals surface area (Å²) in [6.45, 7) is 1.49. The fourth-order valence-corrected chi connectivity index (χ4v) is 3.00. The van der Waals surface area contributed by atoms with Crippen molar-refractivity contribution in [3.8, 4) is 11.5 Å². The van der Waals surface area contributed by atoms with Gasteiger partial charge in [0.05, 0.1) is 22.2 Å². The van der Waals surface area contributed by atoms with Gasteiger partial charge in [0, 0.05) is 0 Å². The van der Waals surface area contributed by atoms with Crippen molar-refractivity contribution in [1.29, 1.82) is 0 Å². The van der Waals surface area contributed by atoms with Gasteiger partial charge in [0.2, 0.25) is 10.0 Å². The maximum Gasteiger partial charge on any atom is 0.265 e. The highest BCUT2D eigenvalue weighted by Gasteiger charge is 2.19. The van der Waals surface area contributed by atoms with Gasteiger partial charge in [0.15, 0.2) is 6.10 Å². The molecule has 7 nitrogen and oxygen atoms in total. The van der Waals surface area contributed by atoms with Gasteiger partial charge in [-0.15, -0.1) is 0 Å². The van der Waals surface area contributed by atoms with Crippen molar-refractivity contribution in [2.45, 2.75) is 17.9 Å². The molecule has 0 bridgehead atoms. The number of hydrogen-bond donors (Lipinski definition) is 2. The number of sulfonamides is 1. The molecule has 2 aromatic rings. The molecule has 0 fully saturated rings. The highest BCUT2D eigenvalue weighted by atomic mass is 79.9. The van der Waals surface area contributed by atoms with E-state index in [1.807, 2.05) is 0 Å². The molecule has 0 radical (unpaired) electrons. The van der Waals surface area contributed by atoms with Gasteiger partial charge in [-0.3, -0.25) is 4.79 Å². The van der Waals surface area contributed by atoms with Gasteiger partial charge in [0.25, 0.3) is 5.91 Å². The molecule has 0 spiro atoms. The summed E-state index contributed by atoms with van der Waals surface area (Å²) in [5, 5.41) is 7.62. The van der Waals surface area contributed by atoms with Gasteiger partial charge < -0.3 is 14.8 Å². The highest BCUT2D eigenvalue weighted by molar-refractivity contribution is 9.10. The Hall–Kier alpha value is -2.17. The SMILES string of the molecule is COc1ccc(S(N)(=O)=O)cc1NC(=O)C(C)Oc1ccc(F)cc1Br. The number of benzene rings is 2. The number of primary sulfonamides is 1. The normalized spacial score (nSPS) is 12.3. The summed E-state index contributed by atoms with van der Waals surface area (Å²) >= 11 is 3.15. The lowest BCUT2D eigenvalue weighted by atomic mass is 10.2. The molecule has 1 amide bonds. The third kappa shape index (κ3) is 4.93. The Morgan fingerprint density at radius 1 is 1.23 bits per heavy atom. The quantitative estimate of drug-likeness (QED) is 0.708. The summed E-state index contributed by atoms with van der Waals surface area (Å²) in [6.07, 6.45) is -0.959. The number of rotatable bonds is 6. The van der Waals surface area contributed by atoms with E-state index in [0.717, 1.165) is 0 Å². The molecule has 0 aliphatic heterocycles. The zero-order valence-corrected chi connectivity index (χ0v) is 16.2. The van der Waals surface area contributed by atoms with Crippen LogP contribution in [-0.2, 0) is 14.8 Å². The van der Waals surface area contributed by atoms with Crippen LogP contribution in [-0.4, -0.2) is 27.5 Å². The van der Waals surface area contributed by atoms with Crippen LogP contribution in [0.5, 0.6) is 11.5 Å². The zero-order chi connectivity index (χ0) is 19.5. The maximum atomic E-state index is 13.1. The van der Waals surface area contributed by atoms with E-state index in [1.54, 1.807) is 0 Å². The minimum atomic E-state index is -3.94. The first-order chi connectivity index (χ1) is 12.1. The molecule has 0 aliphatic carbocycles. The predicted molar refractivity (Wildman–Crippen MR) is 97.2 cm³/mol. The maximum absolute atomic E-state index is 13.1. The summed E-state index contributed by atoms with van der Waals surface area (Å²) in [5.74, 6) is -0.489. The number of methoxy groups -OCH3 is 1. The Morgan fingerprint density at radius 3 is 2.46 bits per heavy atom. The number of anilines is 1. The van der Waals surface area contributed by atoms with Gasteiger partial charge in [-0.2, -0.15) is 0 Å². The second-order valence-corrected chi connectivity index (χ2v) is 7.65. The number of hydrogen-bond acceptors (Lipinski definition) is 5. The third-order valence-electron chi connectivity index (χ3n) is 3.32. The zero-order valence-electron chi connectivity index (χ0n) is 13.8. The van der Waals surface area contributed by atoms with Crippen LogP contribution >= 0.6 is 15.9 Å². The molecule has 1 unspecified atom stereocenters. The van der Waals surface area contributed by atoms with Crippen molar-refractivity contribution in [3.63, 3.8) is 0 Å². The molecule has 3 N–H and O–H groups in total. The molecule has 0 aromatic heterocycles. The number of ether oxygens (including phenoxy) is 2. The van der Waals surface area contributed by atoms with Crippen LogP contribution in [0.25, 0.3) is 0 Å². The summed E-state index contributed by atoms with van der Waals surface area (Å²) in [5.41, 5.74) is 0.123. The van der Waals surface area contributed by atoms with E-state index in [2.05, 4.69) is 21.2 Å². The summed E-state index contributed by atoms with van der Waals surface area (Å²) in [4.78, 5) is 12.2. The number of amides is 1. The van der Waals surface area contributed by atoms with Crippen molar-refractivity contribution in [2.24, 2.45) is 5.14 Å². The van der Waals surface area contributed by atoms with Gasteiger partial charge >= 0.3 is 0 Å². The minimum Gasteiger partial charge on any atom is -0.495 e. The molecular formula is C16H16BrFN2O5S. The molecule has 2 rings (SSSR count). The van der Waals surface area contributed by atoms with Crippen LogP contribution in [0.2, 0.25) is 0 Å². The van der Waals surface area contributed by atoms with Crippen molar-refractivity contribution >= 4 is 37.5 Å². The lowest BCUT2D eigenvalue weighted by Crippen LogP contribution is -2.30. The van der Waals surface area contributed by atoms with E-state index >= 15 is 0 Å². The molecule has 0 heterocycles. The van der Waals surface area contributed by atoms with E-state index in [1.165, 1.54) is 50.4 Å². The number of nitrogens with two attached hydrogens (primary N) is 1. The Bertz CT molecular complexity index is 936. The van der Waals surface area contributed by atoms with Crippen LogP contribution in [0.3, 0.4) is 0 Å². The standard InChI is InChI=1S/C16H16BrFN2O5S/c1-9(25-14-5-3-10(18)7-12(14)17)16(21)20-13-8-11(26(19,22)23)4-6-15(13)24-2/h3-9H,1-2H3,(H,20,21)(H2,19,22,23). The molecular weight excluding hydrogens is 431 g/mol. The second-order valence-electron chi connectivity index (χ2n) is 5.23. The topological polar surface area (TPSA) is 108 Å². The molecule has 10 heteroatoms. The van der Waals surface area contributed by atoms with Gasteiger partial charge in [0.1, 0.15) is 17.3 Å². The average molecular weight is 447 g/mol. The lowest BCUT2D eigenvalue weighted by molar-refractivity contribution is -0.122. The minimum absolute atomic E-state index is 0.123. The molecule has 2 aromatic carbocycles. The monoisotopic (exact) mass is 446 g/mol. The Labute approximate surface area is 158 Å². The van der Waals surface area contributed by atoms with Crippen molar-refractivity contribution in [2.75, 3.05) is 12.4 Å². The van der Waals surface area contributed by atoms with Crippen LogP contribution in [0, 0.1) is 5.82 Å². The largest absolute Gasteiger partial charge is 0.495 e. The number of halogens is 2. The third-order valence-corrected chi connectivity index (χ3v) is 4.85. The molecule has 0 saturated heterocycles. The van der Waals surface area contributed by atoms with Crippen molar-refractivity contribution < 1.29 is 27.1 Å². The van der Waals surface area contributed by atoms with E-state index in [-0.39, 0.29) is 22.1 Å². The molecule has 26 heavy (non-hydrogen) atoms. The number of nitrogens with one attached hydrogen (secondary N) is 1. The highest BCUT2D eigenvalue weighted by Crippen LogP contribution is 2.29. The van der Waals surface area contributed by atoms with Gasteiger partial charge in [-0.05, 0) is 59.3 Å². The van der Waals surface area contributed by atoms with Crippen molar-refractivity contribution in [1.82, 2.24) is 0 Å².